The van der Waals surface area contributed by atoms with Gasteiger partial charge in [0.1, 0.15) is 7.14 Å². The summed E-state index contributed by atoms with van der Waals surface area (Å²) in [5.41, 5.74) is 2.96. The molecule has 0 aliphatic carbocycles. The molecule has 2 aliphatic rings. The van der Waals surface area contributed by atoms with E-state index in [1.165, 1.54) is 40.7 Å². The van der Waals surface area contributed by atoms with Crippen LogP contribution >= 0.6 is 7.14 Å². The largest absolute Gasteiger partial charge is 0.512 e. The number of hydrogen-bond donors (Lipinski definition) is 1. The van der Waals surface area contributed by atoms with Crippen molar-refractivity contribution < 1.29 is 34.6 Å². The summed E-state index contributed by atoms with van der Waals surface area (Å²) in [6.45, 7) is 12.5. The van der Waals surface area contributed by atoms with Crippen molar-refractivity contribution in [3.63, 3.8) is 0 Å². The van der Waals surface area contributed by atoms with E-state index in [9.17, 15) is 4.79 Å². The van der Waals surface area contributed by atoms with Gasteiger partial charge in [0, 0.05) is 36.8 Å². The number of aliphatic hydroxyl groups is 1. The van der Waals surface area contributed by atoms with Crippen LogP contribution < -0.4 is 36.7 Å². The van der Waals surface area contributed by atoms with Crippen molar-refractivity contribution in [2.24, 2.45) is 0 Å². The summed E-state index contributed by atoms with van der Waals surface area (Å²) in [5.74, 6) is -0.0625. The van der Waals surface area contributed by atoms with Gasteiger partial charge in [0.05, 0.1) is 27.4 Å². The third-order valence-corrected chi connectivity index (χ3v) is 19.8. The second-order valence-corrected chi connectivity index (χ2v) is 23.7. The van der Waals surface area contributed by atoms with Crippen LogP contribution in [0.15, 0.2) is 103 Å². The van der Waals surface area contributed by atoms with Crippen LogP contribution in [0.4, 0.5) is 0 Å². The Bertz CT molecular complexity index is 1950. The maximum Gasteiger partial charge on any atom is 0.155 e. The van der Waals surface area contributed by atoms with Crippen LogP contribution in [0.3, 0.4) is 0 Å². The second kappa shape index (κ2) is 11.6. The second-order valence-electron chi connectivity index (χ2n) is 12.5. The quantitative estimate of drug-likeness (QED) is 0.0929. The Morgan fingerprint density at radius 1 is 0.795 bits per heavy atom. The van der Waals surface area contributed by atoms with E-state index in [4.69, 9.17) is 10.1 Å². The average molecular weight is 809 g/mol. The third kappa shape index (κ3) is 5.05. The fraction of sp³-hybridized carbons (Fsp3) is 0.167. The summed E-state index contributed by atoms with van der Waals surface area (Å²) < 4.78 is 15.5. The maximum atomic E-state index is 15.5. The number of carbonyl (C=O) groups is 1. The first-order valence-electron chi connectivity index (χ1n) is 14.5. The molecule has 3 heterocycles. The van der Waals surface area contributed by atoms with Gasteiger partial charge < -0.3 is 9.67 Å². The van der Waals surface area contributed by atoms with E-state index >= 15 is 4.57 Å². The molecule has 0 spiro atoms. The van der Waals surface area contributed by atoms with Crippen molar-refractivity contribution in [3.05, 3.63) is 109 Å². The van der Waals surface area contributed by atoms with Gasteiger partial charge in [0.2, 0.25) is 0 Å². The van der Waals surface area contributed by atoms with Crippen molar-refractivity contribution in [2.75, 3.05) is 0 Å². The van der Waals surface area contributed by atoms with Crippen LogP contribution in [-0.4, -0.2) is 32.0 Å². The maximum absolute atomic E-state index is 15.5. The zero-order valence-corrected chi connectivity index (χ0v) is 31.0. The summed E-state index contributed by atoms with van der Waals surface area (Å²) in [6, 6.07) is 35.7. The summed E-state index contributed by atoms with van der Waals surface area (Å²) in [7, 11) is -7.31. The molecule has 7 rings (SSSR count). The zero-order valence-electron chi connectivity index (χ0n) is 25.7. The average Bonchev–Trinajstić information content (AvgIpc) is 2.98. The summed E-state index contributed by atoms with van der Waals surface area (Å²) in [5, 5.41) is 17.8. The summed E-state index contributed by atoms with van der Waals surface area (Å²) in [6.07, 6.45) is 1.17. The molecule has 225 valence electrons. The molecule has 0 amide bonds. The van der Waals surface area contributed by atoms with Crippen molar-refractivity contribution in [1.82, 2.24) is 4.98 Å². The van der Waals surface area contributed by atoms with E-state index < -0.39 is 23.3 Å². The normalized spacial score (nSPS) is 18.5. The van der Waals surface area contributed by atoms with E-state index in [1.54, 1.807) is 0 Å². The Hall–Kier alpha value is -3.19. The molecule has 5 aromatic rings. The third-order valence-electron chi connectivity index (χ3n) is 8.77. The van der Waals surface area contributed by atoms with Gasteiger partial charge >= 0.3 is 0 Å². The number of pyridine rings is 1. The minimum Gasteiger partial charge on any atom is -0.512 e. The molecule has 1 aromatic heterocycles. The van der Waals surface area contributed by atoms with Crippen molar-refractivity contribution >= 4 is 76.6 Å². The van der Waals surface area contributed by atoms with Gasteiger partial charge in [0.25, 0.3) is 0 Å². The number of rotatable bonds is 2. The van der Waals surface area contributed by atoms with Crippen LogP contribution in [0.5, 0.6) is 0 Å². The van der Waals surface area contributed by atoms with Crippen LogP contribution in [0.25, 0.3) is 22.2 Å². The van der Waals surface area contributed by atoms with Crippen LogP contribution in [0.2, 0.25) is 26.2 Å². The number of ketones is 1. The first-order valence-corrected chi connectivity index (χ1v) is 22.2. The molecule has 0 saturated carbocycles. The fourth-order valence-electron chi connectivity index (χ4n) is 6.69. The SMILES string of the molecule is CC(=O)/C=C(/C)O.C[Si]1(C)c2[c-]c(-c3ccc4ccccc4n3)cc3c2P(=O)(c2ccccc21)c1ccccc1[Si]3(C)C.[Ir]. The minimum absolute atomic E-state index is 0. The number of benzene rings is 4. The zero-order chi connectivity index (χ0) is 30.7. The van der Waals surface area contributed by atoms with Crippen molar-refractivity contribution in [1.29, 1.82) is 0 Å². The van der Waals surface area contributed by atoms with E-state index in [0.717, 1.165) is 38.1 Å². The van der Waals surface area contributed by atoms with Crippen LogP contribution in [0, 0.1) is 6.07 Å². The van der Waals surface area contributed by atoms with Gasteiger partial charge in [-0.3, -0.25) is 9.78 Å². The molecule has 1 atom stereocenters. The molecular weight excluding hydrogens is 774 g/mol. The Morgan fingerprint density at radius 3 is 1.95 bits per heavy atom. The van der Waals surface area contributed by atoms with Gasteiger partial charge in [-0.2, -0.15) is 0 Å². The van der Waals surface area contributed by atoms with Crippen molar-refractivity contribution in [2.45, 2.75) is 40.0 Å². The van der Waals surface area contributed by atoms with E-state index in [2.05, 4.69) is 111 Å². The predicted molar refractivity (Wildman–Crippen MR) is 186 cm³/mol. The molecule has 1 unspecified atom stereocenters. The molecular formula is C36H35IrNO3PSi2-. The molecule has 1 N–H and O–H groups in total. The summed E-state index contributed by atoms with van der Waals surface area (Å²) >= 11 is 0. The number of aromatic nitrogens is 1. The predicted octanol–water partition coefficient (Wildman–Crippen LogP) is 4.65. The number of nitrogens with zero attached hydrogens (tertiary/aromatic N) is 1. The Morgan fingerprint density at radius 2 is 1.36 bits per heavy atom. The Kier molecular flexibility index (Phi) is 8.51. The van der Waals surface area contributed by atoms with Crippen LogP contribution in [-0.2, 0) is 29.5 Å². The van der Waals surface area contributed by atoms with Gasteiger partial charge in [-0.05, 0) is 41.4 Å². The molecule has 0 fully saturated rings. The number of aliphatic hydroxyl groups excluding tert-OH is 1. The molecule has 0 saturated heterocycles. The number of allylic oxidation sites excluding steroid dienone is 2. The smallest absolute Gasteiger partial charge is 0.155 e. The molecule has 4 aromatic carbocycles. The topological polar surface area (TPSA) is 67.3 Å². The number of hydrogen-bond acceptors (Lipinski definition) is 4. The fourth-order valence-corrected chi connectivity index (χ4v) is 20.4. The first kappa shape index (κ1) is 32.2. The monoisotopic (exact) mass is 809 g/mol. The Labute approximate surface area is 275 Å². The van der Waals surface area contributed by atoms with E-state index in [1.807, 2.05) is 12.1 Å². The van der Waals surface area contributed by atoms with Gasteiger partial charge in [-0.15, -0.1) is 28.1 Å². The molecule has 44 heavy (non-hydrogen) atoms. The van der Waals surface area contributed by atoms with E-state index in [0.29, 0.717) is 0 Å². The molecule has 1 radical (unpaired) electrons. The minimum atomic E-state index is -3.01. The van der Waals surface area contributed by atoms with Crippen LogP contribution in [0.1, 0.15) is 13.8 Å². The van der Waals surface area contributed by atoms with Gasteiger partial charge in [0.15, 0.2) is 5.78 Å². The molecule has 0 bridgehead atoms. The molecule has 4 nitrogen and oxygen atoms in total. The number of fused-ring (bicyclic) bond motifs is 5. The van der Waals surface area contributed by atoms with Crippen molar-refractivity contribution in [3.8, 4) is 11.3 Å². The number of para-hydroxylation sites is 1. The van der Waals surface area contributed by atoms with Gasteiger partial charge in [-0.1, -0.05) is 110 Å². The Balaban J connectivity index is 0.000000433. The number of carbonyl (C=O) groups excluding carboxylic acids is 1. The standard InChI is InChI=1S/C31H27NOPSi2.C5H8O2.Ir/c1-35(2)27-15-9-7-13-25(27)34(33)26-14-8-10-16-28(26)36(3,4)30-20-22(19-29(35)31(30)34)24-18-17-21-11-5-6-12-23(21)32-24;1-4(6)3-5(2)7;/h5-19H,1-4H3;3,6H,1-2H3;/q-1;;/b;4-3-;. The summed E-state index contributed by atoms with van der Waals surface area (Å²) in [4.78, 5) is 15.1. The van der Waals surface area contributed by atoms with Gasteiger partial charge in [-0.25, -0.2) is 0 Å². The molecule has 2 aliphatic heterocycles. The molecule has 8 heteroatoms. The first-order chi connectivity index (χ1) is 20.4. The van der Waals surface area contributed by atoms with E-state index in [-0.39, 0.29) is 31.6 Å².